The first kappa shape index (κ1) is 22.1. The Kier molecular flexibility index (Phi) is 6.20. The summed E-state index contributed by atoms with van der Waals surface area (Å²) >= 11 is 0. The molecule has 0 radical (unpaired) electrons. The summed E-state index contributed by atoms with van der Waals surface area (Å²) in [6, 6.07) is 28.9. The third kappa shape index (κ3) is 4.61. The molecule has 3 aromatic carbocycles. The number of rotatable bonds is 9. The molecular weight excluding hydrogens is 448 g/mol. The van der Waals surface area contributed by atoms with Gasteiger partial charge in [-0.05, 0) is 29.5 Å². The minimum atomic E-state index is 0.637. The van der Waals surface area contributed by atoms with Gasteiger partial charge in [0.05, 0.1) is 12.9 Å². The summed E-state index contributed by atoms with van der Waals surface area (Å²) in [4.78, 5) is 17.2. The molecule has 7 nitrogen and oxygen atoms in total. The van der Waals surface area contributed by atoms with Crippen molar-refractivity contribution in [1.82, 2.24) is 29.5 Å². The van der Waals surface area contributed by atoms with E-state index in [0.717, 1.165) is 47.4 Å². The number of H-pyrrole nitrogens is 1. The van der Waals surface area contributed by atoms with Crippen molar-refractivity contribution in [2.75, 3.05) is 6.61 Å². The van der Waals surface area contributed by atoms with Gasteiger partial charge in [0.2, 0.25) is 0 Å². The summed E-state index contributed by atoms with van der Waals surface area (Å²) in [5.74, 6) is 1.53. The first-order chi connectivity index (χ1) is 17.8. The molecule has 0 fully saturated rings. The van der Waals surface area contributed by atoms with Gasteiger partial charge in [0.15, 0.2) is 17.1 Å². The molecule has 0 atom stereocenters. The number of nitrogens with one attached hydrogen (secondary N) is 1. The van der Waals surface area contributed by atoms with Crippen LogP contribution in [-0.2, 0) is 17.8 Å². The summed E-state index contributed by atoms with van der Waals surface area (Å²) in [5.41, 5.74) is 6.71. The van der Waals surface area contributed by atoms with E-state index in [-0.39, 0.29) is 0 Å². The van der Waals surface area contributed by atoms with Crippen LogP contribution in [0.3, 0.4) is 0 Å². The Labute approximate surface area is 208 Å². The number of imidazole rings is 1. The van der Waals surface area contributed by atoms with E-state index >= 15 is 0 Å². The van der Waals surface area contributed by atoms with Crippen LogP contribution in [0.2, 0.25) is 0 Å². The van der Waals surface area contributed by atoms with E-state index in [0.29, 0.717) is 24.7 Å². The third-order valence-corrected chi connectivity index (χ3v) is 6.23. The van der Waals surface area contributed by atoms with Crippen molar-refractivity contribution in [2.45, 2.75) is 25.9 Å². The number of benzene rings is 3. The lowest BCUT2D eigenvalue weighted by atomic mass is 10.0. The van der Waals surface area contributed by atoms with Crippen molar-refractivity contribution in [1.29, 1.82) is 0 Å². The van der Waals surface area contributed by atoms with Crippen molar-refractivity contribution >= 4 is 16.8 Å². The van der Waals surface area contributed by atoms with E-state index in [4.69, 9.17) is 19.8 Å². The number of unbranched alkanes of at least 4 members (excludes halogenated alkanes) is 1. The number of hydrogen-bond acceptors (Lipinski definition) is 5. The van der Waals surface area contributed by atoms with Crippen molar-refractivity contribution < 1.29 is 4.74 Å². The summed E-state index contributed by atoms with van der Waals surface area (Å²) < 4.78 is 7.69. The van der Waals surface area contributed by atoms with E-state index in [9.17, 15) is 0 Å². The number of aromatic nitrogens is 6. The molecule has 1 N–H and O–H groups in total. The SMILES string of the molecule is c1ccc(COCCCCc2nc3nc[nH]c3c3nc(-c4ccc(-c5ccccc5)cc4)nn23)cc1. The van der Waals surface area contributed by atoms with Crippen LogP contribution in [0.4, 0.5) is 0 Å². The molecule has 36 heavy (non-hydrogen) atoms. The molecule has 0 aliphatic heterocycles. The number of nitrogens with zero attached hydrogens (tertiary/aromatic N) is 5. The number of fused-ring (bicyclic) bond motifs is 3. The van der Waals surface area contributed by atoms with Crippen LogP contribution in [-0.4, -0.2) is 36.2 Å². The van der Waals surface area contributed by atoms with Gasteiger partial charge >= 0.3 is 0 Å². The summed E-state index contributed by atoms with van der Waals surface area (Å²) in [6.07, 6.45) is 4.30. The molecule has 178 valence electrons. The molecule has 0 spiro atoms. The molecule has 0 aliphatic carbocycles. The highest BCUT2D eigenvalue weighted by molar-refractivity contribution is 5.85. The molecule has 6 aromatic rings. The lowest BCUT2D eigenvalue weighted by molar-refractivity contribution is 0.117. The van der Waals surface area contributed by atoms with Gasteiger partial charge in [-0.3, -0.25) is 0 Å². The first-order valence-corrected chi connectivity index (χ1v) is 12.2. The van der Waals surface area contributed by atoms with E-state index in [1.165, 1.54) is 11.1 Å². The monoisotopic (exact) mass is 474 g/mol. The van der Waals surface area contributed by atoms with Gasteiger partial charge in [0.1, 0.15) is 11.3 Å². The van der Waals surface area contributed by atoms with E-state index in [1.54, 1.807) is 6.33 Å². The van der Waals surface area contributed by atoms with Crippen LogP contribution in [0.15, 0.2) is 91.3 Å². The number of aromatic amines is 1. The van der Waals surface area contributed by atoms with Gasteiger partial charge in [-0.25, -0.2) is 15.0 Å². The maximum atomic E-state index is 5.83. The van der Waals surface area contributed by atoms with Crippen molar-refractivity contribution in [3.8, 4) is 22.5 Å². The highest BCUT2D eigenvalue weighted by Crippen LogP contribution is 2.25. The molecule has 6 rings (SSSR count). The number of ether oxygens (including phenoxy) is 1. The predicted octanol–water partition coefficient (Wildman–Crippen LogP) is 5.87. The van der Waals surface area contributed by atoms with Crippen molar-refractivity contribution in [3.63, 3.8) is 0 Å². The highest BCUT2D eigenvalue weighted by Gasteiger charge is 2.16. The fourth-order valence-electron chi connectivity index (χ4n) is 4.34. The maximum absolute atomic E-state index is 5.83. The Morgan fingerprint density at radius 2 is 1.47 bits per heavy atom. The zero-order chi connectivity index (χ0) is 24.2. The fraction of sp³-hybridized carbons (Fsp3) is 0.172. The minimum absolute atomic E-state index is 0.637. The molecule has 0 saturated heterocycles. The molecule has 0 saturated carbocycles. The van der Waals surface area contributed by atoms with Crippen LogP contribution in [0.1, 0.15) is 24.2 Å². The lowest BCUT2D eigenvalue weighted by Crippen LogP contribution is -2.05. The topological polar surface area (TPSA) is 81.0 Å². The second kappa shape index (κ2) is 10.1. The van der Waals surface area contributed by atoms with Crippen LogP contribution in [0.25, 0.3) is 39.3 Å². The maximum Gasteiger partial charge on any atom is 0.185 e. The fourth-order valence-corrected chi connectivity index (χ4v) is 4.34. The van der Waals surface area contributed by atoms with Crippen LogP contribution < -0.4 is 0 Å². The van der Waals surface area contributed by atoms with Gasteiger partial charge in [0.25, 0.3) is 0 Å². The average molecular weight is 475 g/mol. The summed E-state index contributed by atoms with van der Waals surface area (Å²) in [6.45, 7) is 1.34. The lowest BCUT2D eigenvalue weighted by Gasteiger charge is -2.06. The van der Waals surface area contributed by atoms with Gasteiger partial charge in [0, 0.05) is 18.6 Å². The molecule has 0 unspecified atom stereocenters. The van der Waals surface area contributed by atoms with Crippen molar-refractivity contribution in [3.05, 3.63) is 103 Å². The number of aryl methyl sites for hydroxylation is 1. The number of hydrogen-bond donors (Lipinski definition) is 1. The van der Waals surface area contributed by atoms with E-state index < -0.39 is 0 Å². The first-order valence-electron chi connectivity index (χ1n) is 12.2. The molecule has 0 amide bonds. The molecule has 3 heterocycles. The van der Waals surface area contributed by atoms with Crippen molar-refractivity contribution in [2.24, 2.45) is 0 Å². The summed E-state index contributed by atoms with van der Waals surface area (Å²) in [5, 5.41) is 4.83. The smallest absolute Gasteiger partial charge is 0.185 e. The second-order valence-electron chi connectivity index (χ2n) is 8.74. The van der Waals surface area contributed by atoms with Gasteiger partial charge in [-0.2, -0.15) is 4.52 Å². The molecule has 7 heteroatoms. The second-order valence-corrected chi connectivity index (χ2v) is 8.74. The quantitative estimate of drug-likeness (QED) is 0.265. The molecular formula is C29H26N6O. The normalized spacial score (nSPS) is 11.4. The van der Waals surface area contributed by atoms with E-state index in [1.807, 2.05) is 40.9 Å². The summed E-state index contributed by atoms with van der Waals surface area (Å²) in [7, 11) is 0. The average Bonchev–Trinajstić information content (AvgIpc) is 3.59. The highest BCUT2D eigenvalue weighted by atomic mass is 16.5. The van der Waals surface area contributed by atoms with Crippen LogP contribution in [0, 0.1) is 0 Å². The molecule has 0 aliphatic rings. The van der Waals surface area contributed by atoms with E-state index in [2.05, 4.69) is 58.5 Å². The largest absolute Gasteiger partial charge is 0.377 e. The standard InChI is InChI=1S/C29H26N6O/c1-3-9-21(10-4-1)19-36-18-8-7-13-25-32-28-26(30-20-31-28)29-33-27(34-35(25)29)24-16-14-23(15-17-24)22-11-5-2-6-12-22/h1-6,9-12,14-17,20H,7-8,13,18-19H2,(H,30,31). The molecule has 3 aromatic heterocycles. The van der Waals surface area contributed by atoms with Gasteiger partial charge in [-0.1, -0.05) is 84.9 Å². The van der Waals surface area contributed by atoms with Gasteiger partial charge in [-0.15, -0.1) is 5.10 Å². The third-order valence-electron chi connectivity index (χ3n) is 6.23. The van der Waals surface area contributed by atoms with Crippen LogP contribution in [0.5, 0.6) is 0 Å². The Morgan fingerprint density at radius 1 is 0.750 bits per heavy atom. The zero-order valence-corrected chi connectivity index (χ0v) is 19.8. The molecule has 0 bridgehead atoms. The Bertz CT molecular complexity index is 1570. The minimum Gasteiger partial charge on any atom is -0.377 e. The predicted molar refractivity (Wildman–Crippen MR) is 140 cm³/mol. The Balaban J connectivity index is 1.19. The Morgan fingerprint density at radius 3 is 2.28 bits per heavy atom. The van der Waals surface area contributed by atoms with Gasteiger partial charge < -0.3 is 9.72 Å². The van der Waals surface area contributed by atoms with Crippen LogP contribution >= 0.6 is 0 Å². The zero-order valence-electron chi connectivity index (χ0n) is 19.8. The Hall–Kier alpha value is -4.36.